The van der Waals surface area contributed by atoms with E-state index in [1.807, 2.05) is 0 Å². The summed E-state index contributed by atoms with van der Waals surface area (Å²) in [4.78, 5) is 2.45. The van der Waals surface area contributed by atoms with Gasteiger partial charge in [-0.1, -0.05) is 44.9 Å². The van der Waals surface area contributed by atoms with Crippen molar-refractivity contribution in [1.82, 2.24) is 10.2 Å². The standard InChI is InChI=1S/C17H30N2/c1-12(2)14-6-8-18-10-16(14)17-11-19(5)9-7-15(17)13(3)4/h7,12-13,17-18H,6,8-11H2,1-5H3. The summed E-state index contributed by atoms with van der Waals surface area (Å²) >= 11 is 0. The molecule has 2 heterocycles. The van der Waals surface area contributed by atoms with Crippen LogP contribution < -0.4 is 5.32 Å². The van der Waals surface area contributed by atoms with E-state index < -0.39 is 0 Å². The number of nitrogens with one attached hydrogen (secondary N) is 1. The molecule has 0 aromatic rings. The van der Waals surface area contributed by atoms with E-state index in [1.165, 1.54) is 13.0 Å². The molecule has 0 spiro atoms. The van der Waals surface area contributed by atoms with Crippen molar-refractivity contribution < 1.29 is 0 Å². The van der Waals surface area contributed by atoms with E-state index in [4.69, 9.17) is 0 Å². The Bertz CT molecular complexity index is 377. The van der Waals surface area contributed by atoms with Crippen LogP contribution in [-0.2, 0) is 0 Å². The van der Waals surface area contributed by atoms with E-state index in [1.54, 1.807) is 16.7 Å². The fraction of sp³-hybridized carbons (Fsp3) is 0.765. The zero-order valence-electron chi connectivity index (χ0n) is 13.3. The van der Waals surface area contributed by atoms with Gasteiger partial charge in [0.1, 0.15) is 0 Å². The molecule has 2 heteroatoms. The largest absolute Gasteiger partial charge is 0.313 e. The molecule has 0 radical (unpaired) electrons. The molecule has 0 aromatic heterocycles. The Balaban J connectivity index is 2.35. The predicted octanol–water partition coefficient (Wildman–Crippen LogP) is 3.08. The van der Waals surface area contributed by atoms with Crippen molar-refractivity contribution in [1.29, 1.82) is 0 Å². The van der Waals surface area contributed by atoms with Crippen LogP contribution >= 0.6 is 0 Å². The van der Waals surface area contributed by atoms with E-state index >= 15 is 0 Å². The minimum Gasteiger partial charge on any atom is -0.313 e. The number of hydrogen-bond acceptors (Lipinski definition) is 2. The Labute approximate surface area is 118 Å². The van der Waals surface area contributed by atoms with Gasteiger partial charge in [0, 0.05) is 25.6 Å². The lowest BCUT2D eigenvalue weighted by atomic mass is 9.77. The van der Waals surface area contributed by atoms with Crippen LogP contribution in [0.1, 0.15) is 34.1 Å². The Morgan fingerprint density at radius 1 is 1.21 bits per heavy atom. The lowest BCUT2D eigenvalue weighted by molar-refractivity contribution is 0.303. The lowest BCUT2D eigenvalue weighted by Gasteiger charge is -2.38. The molecule has 1 N–H and O–H groups in total. The van der Waals surface area contributed by atoms with Gasteiger partial charge in [0.25, 0.3) is 0 Å². The molecule has 0 saturated carbocycles. The molecule has 0 fully saturated rings. The van der Waals surface area contributed by atoms with Gasteiger partial charge in [-0.3, -0.25) is 0 Å². The molecule has 108 valence electrons. The minimum atomic E-state index is 0.643. The molecular formula is C17H30N2. The van der Waals surface area contributed by atoms with E-state index in [0.29, 0.717) is 17.8 Å². The first kappa shape index (κ1) is 14.8. The molecular weight excluding hydrogens is 232 g/mol. The van der Waals surface area contributed by atoms with Crippen LogP contribution in [-0.4, -0.2) is 38.1 Å². The summed E-state index contributed by atoms with van der Waals surface area (Å²) in [6, 6.07) is 0. The number of nitrogens with zero attached hydrogens (tertiary/aromatic N) is 1. The Morgan fingerprint density at radius 2 is 1.95 bits per heavy atom. The Hall–Kier alpha value is -0.600. The maximum atomic E-state index is 3.59. The summed E-state index contributed by atoms with van der Waals surface area (Å²) < 4.78 is 0. The molecule has 0 bridgehead atoms. The van der Waals surface area contributed by atoms with Crippen LogP contribution in [0.15, 0.2) is 22.8 Å². The summed E-state index contributed by atoms with van der Waals surface area (Å²) in [5, 5.41) is 3.59. The van der Waals surface area contributed by atoms with Crippen molar-refractivity contribution >= 4 is 0 Å². The Kier molecular flexibility index (Phi) is 4.86. The summed E-state index contributed by atoms with van der Waals surface area (Å²) in [5.74, 6) is 2.00. The maximum Gasteiger partial charge on any atom is 0.0174 e. The molecule has 1 unspecified atom stereocenters. The first-order chi connectivity index (χ1) is 9.00. The van der Waals surface area contributed by atoms with Crippen molar-refractivity contribution in [3.05, 3.63) is 22.8 Å². The van der Waals surface area contributed by atoms with Crippen LogP contribution in [0, 0.1) is 17.8 Å². The van der Waals surface area contributed by atoms with E-state index in [9.17, 15) is 0 Å². The van der Waals surface area contributed by atoms with Gasteiger partial charge in [0.05, 0.1) is 0 Å². The zero-order valence-corrected chi connectivity index (χ0v) is 13.3. The second-order valence-electron chi connectivity index (χ2n) is 6.76. The molecule has 2 aliphatic rings. The van der Waals surface area contributed by atoms with Crippen LogP contribution in [0.25, 0.3) is 0 Å². The Morgan fingerprint density at radius 3 is 2.58 bits per heavy atom. The third-order valence-corrected chi connectivity index (χ3v) is 4.62. The van der Waals surface area contributed by atoms with E-state index in [0.717, 1.165) is 19.6 Å². The van der Waals surface area contributed by atoms with Crippen LogP contribution in [0.3, 0.4) is 0 Å². The summed E-state index contributed by atoms with van der Waals surface area (Å²) in [5.41, 5.74) is 5.06. The highest BCUT2D eigenvalue weighted by molar-refractivity contribution is 5.32. The monoisotopic (exact) mass is 262 g/mol. The molecule has 0 amide bonds. The quantitative estimate of drug-likeness (QED) is 0.786. The van der Waals surface area contributed by atoms with Crippen molar-refractivity contribution in [3.63, 3.8) is 0 Å². The third-order valence-electron chi connectivity index (χ3n) is 4.62. The van der Waals surface area contributed by atoms with Crippen molar-refractivity contribution in [2.45, 2.75) is 34.1 Å². The van der Waals surface area contributed by atoms with Crippen molar-refractivity contribution in [3.8, 4) is 0 Å². The van der Waals surface area contributed by atoms with Gasteiger partial charge in [0.2, 0.25) is 0 Å². The fourth-order valence-corrected chi connectivity index (χ4v) is 3.57. The normalized spacial score (nSPS) is 26.3. The fourth-order valence-electron chi connectivity index (χ4n) is 3.57. The molecule has 1 atom stereocenters. The van der Waals surface area contributed by atoms with Gasteiger partial charge in [0.15, 0.2) is 0 Å². The number of hydrogen-bond donors (Lipinski definition) is 1. The van der Waals surface area contributed by atoms with Gasteiger partial charge >= 0.3 is 0 Å². The maximum absolute atomic E-state index is 3.59. The molecule has 0 aromatic carbocycles. The summed E-state index contributed by atoms with van der Waals surface area (Å²) in [6.07, 6.45) is 3.71. The smallest absolute Gasteiger partial charge is 0.0174 e. The topological polar surface area (TPSA) is 15.3 Å². The average molecular weight is 262 g/mol. The minimum absolute atomic E-state index is 0.643. The summed E-state index contributed by atoms with van der Waals surface area (Å²) in [7, 11) is 2.24. The lowest BCUT2D eigenvalue weighted by Crippen LogP contribution is -2.39. The van der Waals surface area contributed by atoms with E-state index in [2.05, 4.69) is 51.0 Å². The molecule has 2 aliphatic heterocycles. The van der Waals surface area contributed by atoms with Crippen LogP contribution in [0.4, 0.5) is 0 Å². The van der Waals surface area contributed by atoms with E-state index in [-0.39, 0.29) is 0 Å². The van der Waals surface area contributed by atoms with Crippen LogP contribution in [0.2, 0.25) is 0 Å². The highest BCUT2D eigenvalue weighted by Crippen LogP contribution is 2.35. The third kappa shape index (κ3) is 3.29. The molecule has 2 rings (SSSR count). The van der Waals surface area contributed by atoms with Crippen LogP contribution in [0.5, 0.6) is 0 Å². The van der Waals surface area contributed by atoms with Gasteiger partial charge < -0.3 is 10.2 Å². The molecule has 0 saturated heterocycles. The van der Waals surface area contributed by atoms with Gasteiger partial charge in [-0.2, -0.15) is 0 Å². The summed E-state index contributed by atoms with van der Waals surface area (Å²) in [6.45, 7) is 13.9. The SMILES string of the molecule is CC(C)C1=CCN(C)CC1C1=C(C(C)C)CCNC1. The van der Waals surface area contributed by atoms with Crippen molar-refractivity contribution in [2.75, 3.05) is 33.2 Å². The van der Waals surface area contributed by atoms with Crippen molar-refractivity contribution in [2.24, 2.45) is 17.8 Å². The second kappa shape index (κ2) is 6.23. The first-order valence-electron chi connectivity index (χ1n) is 7.81. The van der Waals surface area contributed by atoms with Gasteiger partial charge in [-0.05, 0) is 37.4 Å². The first-order valence-corrected chi connectivity index (χ1v) is 7.81. The number of rotatable bonds is 3. The predicted molar refractivity (Wildman–Crippen MR) is 83.3 cm³/mol. The second-order valence-corrected chi connectivity index (χ2v) is 6.76. The highest BCUT2D eigenvalue weighted by atomic mass is 15.1. The molecule has 2 nitrogen and oxygen atoms in total. The highest BCUT2D eigenvalue weighted by Gasteiger charge is 2.29. The average Bonchev–Trinajstić information content (AvgIpc) is 2.38. The molecule has 0 aliphatic carbocycles. The van der Waals surface area contributed by atoms with Gasteiger partial charge in [-0.15, -0.1) is 0 Å². The molecule has 19 heavy (non-hydrogen) atoms. The van der Waals surface area contributed by atoms with Gasteiger partial charge in [-0.25, -0.2) is 0 Å². The zero-order chi connectivity index (χ0) is 14.0. The number of likely N-dealkylation sites (N-methyl/N-ethyl adjacent to an activating group) is 1.